The molecule has 0 unspecified atom stereocenters. The average molecular weight is 468 g/mol. The van der Waals surface area contributed by atoms with Gasteiger partial charge in [-0.25, -0.2) is 4.79 Å². The van der Waals surface area contributed by atoms with Gasteiger partial charge in [0.05, 0.1) is 19.2 Å². The van der Waals surface area contributed by atoms with Crippen LogP contribution in [0.3, 0.4) is 0 Å². The van der Waals surface area contributed by atoms with Crippen LogP contribution in [0.25, 0.3) is 0 Å². The van der Waals surface area contributed by atoms with E-state index in [1.54, 1.807) is 38.1 Å². The van der Waals surface area contributed by atoms with Gasteiger partial charge in [0.1, 0.15) is 11.6 Å². The number of hydrogen-bond acceptors (Lipinski definition) is 7. The number of rotatable bonds is 9. The first-order chi connectivity index (χ1) is 15.9. The van der Waals surface area contributed by atoms with Crippen molar-refractivity contribution in [2.75, 3.05) is 7.11 Å². The summed E-state index contributed by atoms with van der Waals surface area (Å²) in [7, 11) is 1.28. The topological polar surface area (TPSA) is 106 Å². The second-order valence-corrected chi connectivity index (χ2v) is 9.43. The van der Waals surface area contributed by atoms with E-state index in [1.165, 1.54) is 7.11 Å². The third kappa shape index (κ3) is 8.77. The van der Waals surface area contributed by atoms with Gasteiger partial charge >= 0.3 is 11.9 Å². The summed E-state index contributed by atoms with van der Waals surface area (Å²) in [5.41, 5.74) is 0.447. The maximum Gasteiger partial charge on any atom is 0.328 e. The Morgan fingerprint density at radius 3 is 2.09 bits per heavy atom. The lowest BCUT2D eigenvalue weighted by molar-refractivity contribution is -0.154. The van der Waals surface area contributed by atoms with Crippen LogP contribution in [-0.2, 0) is 36.7 Å². The lowest BCUT2D eigenvalue weighted by Gasteiger charge is -2.22. The maximum absolute atomic E-state index is 12.9. The van der Waals surface area contributed by atoms with Crippen LogP contribution in [0.5, 0.6) is 0 Å². The number of nitrogens with one attached hydrogen (secondary N) is 1. The molecule has 1 N–H and O–H groups in total. The van der Waals surface area contributed by atoms with Crippen LogP contribution in [0.4, 0.5) is 5.69 Å². The second kappa shape index (κ2) is 11.5. The summed E-state index contributed by atoms with van der Waals surface area (Å²) in [5, 5.41) is 11.1. The Morgan fingerprint density at radius 1 is 0.912 bits per heavy atom. The predicted octanol–water partition coefficient (Wildman–Crippen LogP) is 4.33. The molecule has 2 rings (SSSR count). The van der Waals surface area contributed by atoms with E-state index in [-0.39, 0.29) is 12.4 Å². The Bertz CT molecular complexity index is 1010. The van der Waals surface area contributed by atoms with Gasteiger partial charge in [0.15, 0.2) is 5.54 Å². The van der Waals surface area contributed by atoms with E-state index < -0.39 is 29.1 Å². The molecule has 0 bridgehead atoms. The standard InChI is InChI=1S/C26H33N3O5/c1-25(2,3)34-22(30)17-19-12-14-20(15-13-19)28-29-26(4,5)24(32)27-21(23(31)33-6)16-18-10-8-7-9-11-18/h7-15,21H,16-17H2,1-6H3,(H,27,32)/t21-/m0/s1. The summed E-state index contributed by atoms with van der Waals surface area (Å²) >= 11 is 0. The SMILES string of the molecule is COC(=O)[C@H](Cc1ccccc1)NC(=O)C(C)(C)N=Nc1ccc(CC(=O)OC(C)(C)C)cc1. The van der Waals surface area contributed by atoms with Crippen LogP contribution in [0.1, 0.15) is 45.7 Å². The molecule has 0 aliphatic rings. The van der Waals surface area contributed by atoms with E-state index in [4.69, 9.17) is 9.47 Å². The molecule has 182 valence electrons. The van der Waals surface area contributed by atoms with Gasteiger partial charge in [0, 0.05) is 6.42 Å². The monoisotopic (exact) mass is 467 g/mol. The highest BCUT2D eigenvalue weighted by Gasteiger charge is 2.32. The molecular formula is C26H33N3O5. The number of carbonyl (C=O) groups excluding carboxylic acids is 3. The lowest BCUT2D eigenvalue weighted by atomic mass is 10.0. The first-order valence-electron chi connectivity index (χ1n) is 11.1. The van der Waals surface area contributed by atoms with Crippen molar-refractivity contribution in [3.63, 3.8) is 0 Å². The largest absolute Gasteiger partial charge is 0.467 e. The van der Waals surface area contributed by atoms with E-state index >= 15 is 0 Å². The molecule has 0 saturated carbocycles. The van der Waals surface area contributed by atoms with Crippen molar-refractivity contribution in [1.82, 2.24) is 5.32 Å². The van der Waals surface area contributed by atoms with Gasteiger partial charge in [0.2, 0.25) is 5.91 Å². The fourth-order valence-corrected chi connectivity index (χ4v) is 2.97. The number of ether oxygens (including phenoxy) is 2. The van der Waals surface area contributed by atoms with Gasteiger partial charge in [-0.1, -0.05) is 42.5 Å². The minimum Gasteiger partial charge on any atom is -0.467 e. The number of amides is 1. The van der Waals surface area contributed by atoms with Gasteiger partial charge in [-0.15, -0.1) is 0 Å². The number of azo groups is 1. The highest BCUT2D eigenvalue weighted by Crippen LogP contribution is 2.19. The van der Waals surface area contributed by atoms with Gasteiger partial charge < -0.3 is 14.8 Å². The van der Waals surface area contributed by atoms with Crippen molar-refractivity contribution in [2.24, 2.45) is 10.2 Å². The number of benzene rings is 2. The minimum absolute atomic E-state index is 0.152. The number of methoxy groups -OCH3 is 1. The molecule has 0 aliphatic heterocycles. The summed E-state index contributed by atoms with van der Waals surface area (Å²) in [6.45, 7) is 8.68. The molecule has 0 fully saturated rings. The van der Waals surface area contributed by atoms with E-state index in [1.807, 2.05) is 51.1 Å². The Balaban J connectivity index is 2.02. The lowest BCUT2D eigenvalue weighted by Crippen LogP contribution is -2.50. The zero-order valence-corrected chi connectivity index (χ0v) is 20.6. The quantitative estimate of drug-likeness (QED) is 0.436. The minimum atomic E-state index is -1.22. The van der Waals surface area contributed by atoms with E-state index in [0.717, 1.165) is 11.1 Å². The molecule has 0 aliphatic carbocycles. The fourth-order valence-electron chi connectivity index (χ4n) is 2.97. The Morgan fingerprint density at radius 2 is 1.53 bits per heavy atom. The highest BCUT2D eigenvalue weighted by atomic mass is 16.6. The first kappa shape index (κ1) is 26.7. The molecule has 8 heteroatoms. The van der Waals surface area contributed by atoms with Gasteiger partial charge in [-0.2, -0.15) is 10.2 Å². The zero-order chi connectivity index (χ0) is 25.4. The van der Waals surface area contributed by atoms with Crippen LogP contribution >= 0.6 is 0 Å². The van der Waals surface area contributed by atoms with Gasteiger partial charge in [0.25, 0.3) is 0 Å². The zero-order valence-electron chi connectivity index (χ0n) is 20.6. The Labute approximate surface area is 200 Å². The fraction of sp³-hybridized carbons (Fsp3) is 0.423. The number of carbonyl (C=O) groups is 3. The van der Waals surface area contributed by atoms with E-state index in [9.17, 15) is 14.4 Å². The predicted molar refractivity (Wildman–Crippen MR) is 129 cm³/mol. The molecule has 34 heavy (non-hydrogen) atoms. The molecular weight excluding hydrogens is 434 g/mol. The number of nitrogens with zero attached hydrogens (tertiary/aromatic N) is 2. The third-order valence-corrected chi connectivity index (χ3v) is 4.75. The van der Waals surface area contributed by atoms with Crippen molar-refractivity contribution in [3.05, 3.63) is 65.7 Å². The maximum atomic E-state index is 12.9. The van der Waals surface area contributed by atoms with Crippen LogP contribution in [0.15, 0.2) is 64.8 Å². The van der Waals surface area contributed by atoms with Gasteiger partial charge in [-0.3, -0.25) is 9.59 Å². The van der Waals surface area contributed by atoms with Crippen LogP contribution < -0.4 is 5.32 Å². The summed E-state index contributed by atoms with van der Waals surface area (Å²) in [6.07, 6.45) is 0.449. The molecule has 0 saturated heterocycles. The number of hydrogen-bond donors (Lipinski definition) is 1. The molecule has 1 atom stereocenters. The van der Waals surface area contributed by atoms with Crippen molar-refractivity contribution >= 4 is 23.5 Å². The molecule has 1 amide bonds. The second-order valence-electron chi connectivity index (χ2n) is 9.43. The van der Waals surface area contributed by atoms with E-state index in [0.29, 0.717) is 12.1 Å². The Kier molecular flexibility index (Phi) is 9.06. The molecule has 8 nitrogen and oxygen atoms in total. The molecule has 0 aromatic heterocycles. The van der Waals surface area contributed by atoms with Crippen molar-refractivity contribution in [1.29, 1.82) is 0 Å². The van der Waals surface area contributed by atoms with Crippen molar-refractivity contribution in [3.8, 4) is 0 Å². The summed E-state index contributed by atoms with van der Waals surface area (Å²) < 4.78 is 10.2. The summed E-state index contributed by atoms with van der Waals surface area (Å²) in [4.78, 5) is 37.1. The molecule has 0 radical (unpaired) electrons. The first-order valence-corrected chi connectivity index (χ1v) is 11.1. The highest BCUT2D eigenvalue weighted by molar-refractivity contribution is 5.90. The molecule has 0 spiro atoms. The molecule has 0 heterocycles. The van der Waals surface area contributed by atoms with Crippen LogP contribution in [0, 0.1) is 0 Å². The normalized spacial score (nSPS) is 12.8. The van der Waals surface area contributed by atoms with Crippen LogP contribution in [0.2, 0.25) is 0 Å². The van der Waals surface area contributed by atoms with E-state index in [2.05, 4.69) is 15.5 Å². The van der Waals surface area contributed by atoms with Gasteiger partial charge in [-0.05, 0) is 57.9 Å². The summed E-state index contributed by atoms with van der Waals surface area (Å²) in [5.74, 6) is -1.30. The van der Waals surface area contributed by atoms with Crippen molar-refractivity contribution in [2.45, 2.75) is 64.6 Å². The third-order valence-electron chi connectivity index (χ3n) is 4.75. The van der Waals surface area contributed by atoms with Crippen molar-refractivity contribution < 1.29 is 23.9 Å². The molecule has 2 aromatic carbocycles. The Hall–Kier alpha value is -3.55. The summed E-state index contributed by atoms with van der Waals surface area (Å²) in [6, 6.07) is 15.5. The average Bonchev–Trinajstić information content (AvgIpc) is 2.77. The smallest absolute Gasteiger partial charge is 0.328 e. The van der Waals surface area contributed by atoms with Crippen LogP contribution in [-0.4, -0.2) is 42.1 Å². The molecule has 2 aromatic rings. The number of esters is 2.